The number of aliphatic hydroxyl groups is 1. The Balaban J connectivity index is 1.24. The number of aliphatic hydroxyl groups excluding tert-OH is 1. The van der Waals surface area contributed by atoms with Gasteiger partial charge in [0.25, 0.3) is 0 Å². The van der Waals surface area contributed by atoms with Gasteiger partial charge in [-0.2, -0.15) is 0 Å². The van der Waals surface area contributed by atoms with Crippen LogP contribution < -0.4 is 0 Å². The lowest BCUT2D eigenvalue weighted by molar-refractivity contribution is -0.308. The molecule has 1 unspecified atom stereocenters. The Morgan fingerprint density at radius 1 is 0.900 bits per heavy atom. The summed E-state index contributed by atoms with van der Waals surface area (Å²) in [5.74, 6) is -0.880. The maximum atomic E-state index is 11.1. The van der Waals surface area contributed by atoms with E-state index in [4.69, 9.17) is 23.7 Å². The van der Waals surface area contributed by atoms with Crippen LogP contribution in [-0.2, 0) is 36.9 Å². The van der Waals surface area contributed by atoms with E-state index in [-0.39, 0.29) is 18.1 Å². The lowest BCUT2D eigenvalue weighted by Crippen LogP contribution is -2.59. The molecule has 1 N–H and O–H groups in total. The molecule has 0 radical (unpaired) electrons. The molecule has 2 aromatic rings. The highest BCUT2D eigenvalue weighted by Crippen LogP contribution is 2.47. The molecule has 3 aliphatic rings. The van der Waals surface area contributed by atoms with Crippen LogP contribution in [0.25, 0.3) is 0 Å². The lowest BCUT2D eigenvalue weighted by Gasteiger charge is -2.52. The molecule has 0 aliphatic carbocycles. The summed E-state index contributed by atoms with van der Waals surface area (Å²) >= 11 is 0. The molecule has 7 atom stereocenters. The van der Waals surface area contributed by atoms with E-state index in [1.54, 1.807) is 0 Å². The second-order valence-corrected chi connectivity index (χ2v) is 11.4. The summed E-state index contributed by atoms with van der Waals surface area (Å²) in [6.45, 7) is 16.8. The van der Waals surface area contributed by atoms with Crippen LogP contribution in [0.4, 0.5) is 0 Å². The van der Waals surface area contributed by atoms with Crippen molar-refractivity contribution in [2.75, 3.05) is 13.2 Å². The van der Waals surface area contributed by atoms with Crippen LogP contribution in [0.15, 0.2) is 97.1 Å². The number of ether oxygens (including phenoxy) is 5. The predicted octanol–water partition coefficient (Wildman–Crippen LogP) is 5.91. The van der Waals surface area contributed by atoms with Gasteiger partial charge in [0.2, 0.25) is 0 Å². The molecule has 6 heteroatoms. The molecule has 3 saturated heterocycles. The van der Waals surface area contributed by atoms with Gasteiger partial charge in [-0.15, -0.1) is 0 Å². The largest absolute Gasteiger partial charge is 0.390 e. The molecule has 1 spiro atoms. The molecule has 0 saturated carbocycles. The molecule has 3 fully saturated rings. The minimum absolute atomic E-state index is 0.0909. The third-order valence-corrected chi connectivity index (χ3v) is 8.28. The SMILES string of the molecule is C=C1C[C@H](O)[C@@H]([C@@H]2OC3(C[C@@H](C)C2=C)O[C@H](COCc2ccccc2)CCC3=C)O[C@H]1COCc1ccccc1. The number of benzene rings is 2. The van der Waals surface area contributed by atoms with Crippen molar-refractivity contribution in [1.82, 2.24) is 0 Å². The minimum atomic E-state index is -0.971. The van der Waals surface area contributed by atoms with Crippen LogP contribution in [0.3, 0.4) is 0 Å². The average Bonchev–Trinajstić information content (AvgIpc) is 2.95. The first kappa shape index (κ1) is 28.9. The van der Waals surface area contributed by atoms with Gasteiger partial charge in [0.05, 0.1) is 38.6 Å². The fraction of sp³-hybridized carbons (Fsp3) is 0.471. The fourth-order valence-electron chi connectivity index (χ4n) is 5.84. The van der Waals surface area contributed by atoms with Crippen LogP contribution in [0.2, 0.25) is 0 Å². The molecular weight excluding hydrogens is 504 g/mol. The first-order valence-corrected chi connectivity index (χ1v) is 14.3. The quantitative estimate of drug-likeness (QED) is 0.395. The van der Waals surface area contributed by atoms with Crippen molar-refractivity contribution in [1.29, 1.82) is 0 Å². The molecule has 5 rings (SSSR count). The summed E-state index contributed by atoms with van der Waals surface area (Å²) in [7, 11) is 0. The fourth-order valence-corrected chi connectivity index (χ4v) is 5.84. The number of rotatable bonds is 9. The van der Waals surface area contributed by atoms with E-state index in [9.17, 15) is 5.11 Å². The molecule has 3 aliphatic heterocycles. The molecular formula is C34H42O6. The van der Waals surface area contributed by atoms with E-state index >= 15 is 0 Å². The van der Waals surface area contributed by atoms with E-state index in [2.05, 4.69) is 38.8 Å². The normalized spacial score (nSPS) is 32.9. The Bertz CT molecular complexity index is 1160. The van der Waals surface area contributed by atoms with Gasteiger partial charge in [-0.05, 0) is 53.0 Å². The van der Waals surface area contributed by atoms with Crippen LogP contribution in [0, 0.1) is 5.92 Å². The van der Waals surface area contributed by atoms with Crippen molar-refractivity contribution in [2.45, 2.75) is 82.1 Å². The highest BCUT2D eigenvalue weighted by Gasteiger charge is 2.52. The highest BCUT2D eigenvalue weighted by atomic mass is 16.7. The summed E-state index contributed by atoms with van der Waals surface area (Å²) in [6.07, 6.45) is 0.225. The number of hydrogen-bond donors (Lipinski definition) is 1. The molecule has 2 aromatic carbocycles. The molecule has 40 heavy (non-hydrogen) atoms. The van der Waals surface area contributed by atoms with Crippen LogP contribution in [0.5, 0.6) is 0 Å². The van der Waals surface area contributed by atoms with Gasteiger partial charge in [0, 0.05) is 6.42 Å². The summed E-state index contributed by atoms with van der Waals surface area (Å²) in [5, 5.41) is 11.1. The first-order chi connectivity index (χ1) is 19.3. The van der Waals surface area contributed by atoms with E-state index in [0.29, 0.717) is 39.3 Å². The Hall–Kier alpha value is -2.58. The standard InChI is InChI=1S/C34H42O6/c1-23-17-30(35)33(38-31(23)22-37-20-28-13-9-6-10-14-28)32-26(4)24(2)18-34(40-32)25(3)15-16-29(39-34)21-36-19-27-11-7-5-8-12-27/h5-14,24,29-33,35H,1,3-4,15-22H2,2H3/t24-,29+,30+,31+,32-,33+,34?/m1/s1. The summed E-state index contributed by atoms with van der Waals surface area (Å²) in [4.78, 5) is 0. The van der Waals surface area contributed by atoms with Crippen molar-refractivity contribution in [3.8, 4) is 0 Å². The molecule has 0 bridgehead atoms. The Morgan fingerprint density at radius 2 is 1.52 bits per heavy atom. The van der Waals surface area contributed by atoms with Crippen LogP contribution in [0.1, 0.15) is 43.7 Å². The predicted molar refractivity (Wildman–Crippen MR) is 154 cm³/mol. The Morgan fingerprint density at radius 3 is 2.17 bits per heavy atom. The highest BCUT2D eigenvalue weighted by molar-refractivity contribution is 5.24. The molecule has 6 nitrogen and oxygen atoms in total. The number of hydrogen-bond acceptors (Lipinski definition) is 6. The summed E-state index contributed by atoms with van der Waals surface area (Å²) < 4.78 is 31.8. The van der Waals surface area contributed by atoms with Crippen molar-refractivity contribution < 1.29 is 28.8 Å². The zero-order valence-electron chi connectivity index (χ0n) is 23.5. The maximum Gasteiger partial charge on any atom is 0.192 e. The Labute approximate surface area is 238 Å². The van der Waals surface area contributed by atoms with Crippen LogP contribution in [-0.4, -0.2) is 54.6 Å². The van der Waals surface area contributed by atoms with E-state index in [1.165, 1.54) is 0 Å². The zero-order valence-corrected chi connectivity index (χ0v) is 23.5. The van der Waals surface area contributed by atoms with E-state index in [0.717, 1.165) is 40.7 Å². The van der Waals surface area contributed by atoms with Gasteiger partial charge in [0.1, 0.15) is 18.3 Å². The minimum Gasteiger partial charge on any atom is -0.390 e. The van der Waals surface area contributed by atoms with Crippen molar-refractivity contribution in [3.63, 3.8) is 0 Å². The summed E-state index contributed by atoms with van der Waals surface area (Å²) in [5.41, 5.74) is 4.84. The third kappa shape index (κ3) is 6.65. The molecule has 0 amide bonds. The maximum absolute atomic E-state index is 11.1. The van der Waals surface area contributed by atoms with Gasteiger partial charge in [0.15, 0.2) is 5.79 Å². The second-order valence-electron chi connectivity index (χ2n) is 11.4. The molecule has 0 aromatic heterocycles. The smallest absolute Gasteiger partial charge is 0.192 e. The van der Waals surface area contributed by atoms with Gasteiger partial charge in [-0.3, -0.25) is 0 Å². The second kappa shape index (κ2) is 12.9. The van der Waals surface area contributed by atoms with E-state index < -0.39 is 24.1 Å². The first-order valence-electron chi connectivity index (χ1n) is 14.3. The average molecular weight is 547 g/mol. The Kier molecular flexibility index (Phi) is 9.36. The van der Waals surface area contributed by atoms with Crippen molar-refractivity contribution in [3.05, 3.63) is 108 Å². The van der Waals surface area contributed by atoms with E-state index in [1.807, 2.05) is 48.5 Å². The van der Waals surface area contributed by atoms with Crippen LogP contribution >= 0.6 is 0 Å². The summed E-state index contributed by atoms with van der Waals surface area (Å²) in [6, 6.07) is 20.1. The monoisotopic (exact) mass is 546 g/mol. The topological polar surface area (TPSA) is 66.4 Å². The van der Waals surface area contributed by atoms with Crippen molar-refractivity contribution in [2.24, 2.45) is 5.92 Å². The van der Waals surface area contributed by atoms with Gasteiger partial charge in [-0.1, -0.05) is 87.3 Å². The van der Waals surface area contributed by atoms with Gasteiger partial charge in [-0.25, -0.2) is 0 Å². The molecule has 3 heterocycles. The van der Waals surface area contributed by atoms with Gasteiger partial charge < -0.3 is 28.8 Å². The third-order valence-electron chi connectivity index (χ3n) is 8.28. The van der Waals surface area contributed by atoms with Gasteiger partial charge >= 0.3 is 0 Å². The molecule has 214 valence electrons. The lowest BCUT2D eigenvalue weighted by atomic mass is 9.79. The zero-order chi connectivity index (χ0) is 28.1. The van der Waals surface area contributed by atoms with Crippen molar-refractivity contribution >= 4 is 0 Å².